The first-order valence-electron chi connectivity index (χ1n) is 9.37. The summed E-state index contributed by atoms with van der Waals surface area (Å²) >= 11 is 0. The van der Waals surface area contributed by atoms with Crippen LogP contribution in [0.1, 0.15) is 39.5 Å². The highest BCUT2D eigenvalue weighted by atomic mass is 16.6. The van der Waals surface area contributed by atoms with Crippen LogP contribution in [-0.4, -0.2) is 78.0 Å². The Bertz CT molecular complexity index is 303. The molecule has 0 fully saturated rings. The van der Waals surface area contributed by atoms with Crippen LogP contribution in [0.25, 0.3) is 0 Å². The highest BCUT2D eigenvalue weighted by molar-refractivity contribution is 6.29. The van der Waals surface area contributed by atoms with Crippen molar-refractivity contribution >= 4 is 11.9 Å². The van der Waals surface area contributed by atoms with Gasteiger partial charge in [0, 0.05) is 13.2 Å². The van der Waals surface area contributed by atoms with Crippen LogP contribution in [0.3, 0.4) is 0 Å². The fourth-order valence-electron chi connectivity index (χ4n) is 1.64. The summed E-state index contributed by atoms with van der Waals surface area (Å²) in [6.07, 6.45) is 4.23. The van der Waals surface area contributed by atoms with Crippen LogP contribution in [0.2, 0.25) is 0 Å². The molecule has 0 aromatic carbocycles. The minimum Gasteiger partial charge on any atom is -0.455 e. The Balaban J connectivity index is 3.34. The molecule has 8 heteroatoms. The maximum absolute atomic E-state index is 11.4. The van der Waals surface area contributed by atoms with Gasteiger partial charge < -0.3 is 28.4 Å². The average molecular weight is 378 g/mol. The van der Waals surface area contributed by atoms with Crippen LogP contribution >= 0.6 is 0 Å². The molecule has 0 bridgehead atoms. The van der Waals surface area contributed by atoms with Gasteiger partial charge in [0.1, 0.15) is 13.2 Å². The average Bonchev–Trinajstić information content (AvgIpc) is 2.65. The molecule has 0 spiro atoms. The highest BCUT2D eigenvalue weighted by Gasteiger charge is 2.16. The van der Waals surface area contributed by atoms with Gasteiger partial charge in [-0.15, -0.1) is 0 Å². The second-order valence-corrected chi connectivity index (χ2v) is 5.43. The standard InChI is InChI=1S/C18H34O8/c1-3-5-7-21-9-11-23-13-15-25-17(19)18(20)26-16-14-24-12-10-22-8-6-4-2/h3-16H2,1-2H3. The van der Waals surface area contributed by atoms with Gasteiger partial charge in [-0.25, -0.2) is 9.59 Å². The molecule has 0 unspecified atom stereocenters. The number of carbonyl (C=O) groups excluding carboxylic acids is 2. The molecule has 0 radical (unpaired) electrons. The number of unbranched alkanes of at least 4 members (excludes halogenated alkanes) is 2. The minimum atomic E-state index is -1.03. The van der Waals surface area contributed by atoms with Crippen molar-refractivity contribution in [1.29, 1.82) is 0 Å². The summed E-state index contributed by atoms with van der Waals surface area (Å²) in [5.41, 5.74) is 0. The lowest BCUT2D eigenvalue weighted by Crippen LogP contribution is -2.24. The summed E-state index contributed by atoms with van der Waals surface area (Å²) in [5.74, 6) is -2.06. The van der Waals surface area contributed by atoms with Gasteiger partial charge in [-0.3, -0.25) is 0 Å². The number of carbonyl (C=O) groups is 2. The second-order valence-electron chi connectivity index (χ2n) is 5.43. The summed E-state index contributed by atoms with van der Waals surface area (Å²) in [5, 5.41) is 0. The largest absolute Gasteiger partial charge is 0.455 e. The predicted octanol–water partition coefficient (Wildman–Crippen LogP) is 1.74. The van der Waals surface area contributed by atoms with Crippen LogP contribution < -0.4 is 0 Å². The summed E-state index contributed by atoms with van der Waals surface area (Å²) in [4.78, 5) is 22.8. The first kappa shape index (κ1) is 24.8. The van der Waals surface area contributed by atoms with Crippen LogP contribution in [0, 0.1) is 0 Å². The number of hydrogen-bond acceptors (Lipinski definition) is 8. The molecule has 0 aliphatic heterocycles. The molecule has 0 rings (SSSR count). The van der Waals surface area contributed by atoms with E-state index in [-0.39, 0.29) is 26.4 Å². The topological polar surface area (TPSA) is 89.5 Å². The number of esters is 2. The van der Waals surface area contributed by atoms with Crippen LogP contribution in [0.4, 0.5) is 0 Å². The highest BCUT2D eigenvalue weighted by Crippen LogP contribution is 1.90. The summed E-state index contributed by atoms with van der Waals surface area (Å²) in [6, 6.07) is 0. The van der Waals surface area contributed by atoms with Gasteiger partial charge in [0.15, 0.2) is 0 Å². The zero-order valence-corrected chi connectivity index (χ0v) is 16.2. The van der Waals surface area contributed by atoms with Gasteiger partial charge in [-0.1, -0.05) is 26.7 Å². The van der Waals surface area contributed by atoms with Gasteiger partial charge in [0.25, 0.3) is 0 Å². The van der Waals surface area contributed by atoms with E-state index in [0.29, 0.717) is 26.4 Å². The Morgan fingerprint density at radius 1 is 0.500 bits per heavy atom. The quantitative estimate of drug-likeness (QED) is 0.202. The monoisotopic (exact) mass is 378 g/mol. The number of hydrogen-bond donors (Lipinski definition) is 0. The van der Waals surface area contributed by atoms with E-state index in [1.807, 2.05) is 0 Å². The fourth-order valence-corrected chi connectivity index (χ4v) is 1.64. The van der Waals surface area contributed by atoms with E-state index >= 15 is 0 Å². The third-order valence-electron chi connectivity index (χ3n) is 3.12. The third kappa shape index (κ3) is 17.6. The molecule has 0 aliphatic carbocycles. The van der Waals surface area contributed by atoms with E-state index in [0.717, 1.165) is 38.9 Å². The van der Waals surface area contributed by atoms with Gasteiger partial charge >= 0.3 is 11.9 Å². The normalized spacial score (nSPS) is 10.7. The van der Waals surface area contributed by atoms with Crippen molar-refractivity contribution in [2.24, 2.45) is 0 Å². The molecule has 0 saturated carbocycles. The first-order chi connectivity index (χ1) is 12.7. The lowest BCUT2D eigenvalue weighted by Gasteiger charge is -2.08. The van der Waals surface area contributed by atoms with E-state index in [1.165, 1.54) is 0 Å². The van der Waals surface area contributed by atoms with Crippen molar-refractivity contribution in [3.8, 4) is 0 Å². The summed E-state index contributed by atoms with van der Waals surface area (Å²) < 4.78 is 30.5. The van der Waals surface area contributed by atoms with Crippen molar-refractivity contribution < 1.29 is 38.0 Å². The molecule has 0 aliphatic rings. The molecule has 0 amide bonds. The summed E-state index contributed by atoms with van der Waals surface area (Å²) in [7, 11) is 0. The van der Waals surface area contributed by atoms with E-state index in [9.17, 15) is 9.59 Å². The van der Waals surface area contributed by atoms with Crippen LogP contribution in [-0.2, 0) is 38.0 Å². The maximum Gasteiger partial charge on any atom is 0.417 e. The van der Waals surface area contributed by atoms with E-state index < -0.39 is 11.9 Å². The molecule has 8 nitrogen and oxygen atoms in total. The van der Waals surface area contributed by atoms with E-state index in [2.05, 4.69) is 13.8 Å². The molecule has 0 aromatic heterocycles. The molecular weight excluding hydrogens is 344 g/mol. The third-order valence-corrected chi connectivity index (χ3v) is 3.12. The number of rotatable bonds is 18. The molecule has 0 aromatic rings. The van der Waals surface area contributed by atoms with E-state index in [4.69, 9.17) is 28.4 Å². The fraction of sp³-hybridized carbons (Fsp3) is 0.889. The molecular formula is C18H34O8. The van der Waals surface area contributed by atoms with Crippen molar-refractivity contribution in [3.05, 3.63) is 0 Å². The molecule has 0 saturated heterocycles. The van der Waals surface area contributed by atoms with Crippen molar-refractivity contribution in [2.75, 3.05) is 66.1 Å². The Hall–Kier alpha value is -1.22. The Labute approximate surface area is 156 Å². The molecule has 0 atom stereocenters. The molecule has 0 N–H and O–H groups in total. The van der Waals surface area contributed by atoms with Crippen molar-refractivity contribution in [1.82, 2.24) is 0 Å². The van der Waals surface area contributed by atoms with Crippen molar-refractivity contribution in [3.63, 3.8) is 0 Å². The Morgan fingerprint density at radius 2 is 0.808 bits per heavy atom. The molecule has 26 heavy (non-hydrogen) atoms. The lowest BCUT2D eigenvalue weighted by atomic mass is 10.4. The van der Waals surface area contributed by atoms with Gasteiger partial charge in [0.05, 0.1) is 39.6 Å². The van der Waals surface area contributed by atoms with Crippen LogP contribution in [0.5, 0.6) is 0 Å². The maximum atomic E-state index is 11.4. The van der Waals surface area contributed by atoms with E-state index in [1.54, 1.807) is 0 Å². The van der Waals surface area contributed by atoms with Gasteiger partial charge in [-0.2, -0.15) is 0 Å². The molecule has 154 valence electrons. The summed E-state index contributed by atoms with van der Waals surface area (Å²) in [6.45, 7) is 7.87. The zero-order valence-electron chi connectivity index (χ0n) is 16.2. The van der Waals surface area contributed by atoms with Crippen molar-refractivity contribution in [2.45, 2.75) is 39.5 Å². The number of ether oxygens (including phenoxy) is 6. The predicted molar refractivity (Wildman–Crippen MR) is 95.0 cm³/mol. The zero-order chi connectivity index (χ0) is 19.3. The smallest absolute Gasteiger partial charge is 0.417 e. The molecule has 0 heterocycles. The second kappa shape index (κ2) is 20.1. The van der Waals surface area contributed by atoms with Crippen LogP contribution in [0.15, 0.2) is 0 Å². The van der Waals surface area contributed by atoms with Gasteiger partial charge in [-0.05, 0) is 12.8 Å². The minimum absolute atomic E-state index is 0.00546. The SMILES string of the molecule is CCCCOCCOCCOC(=O)C(=O)OCCOCCOCCCC. The Kier molecular flexibility index (Phi) is 19.2. The Morgan fingerprint density at radius 3 is 1.15 bits per heavy atom. The van der Waals surface area contributed by atoms with Gasteiger partial charge in [0.2, 0.25) is 0 Å². The first-order valence-corrected chi connectivity index (χ1v) is 9.37. The lowest BCUT2D eigenvalue weighted by molar-refractivity contribution is -0.169.